The smallest absolute Gasteiger partial charge is 0.264 e. The number of hydrogen-bond acceptors (Lipinski definition) is 4. The highest BCUT2D eigenvalue weighted by Crippen LogP contribution is 2.29. The van der Waals surface area contributed by atoms with Gasteiger partial charge in [0, 0.05) is 23.1 Å². The van der Waals surface area contributed by atoms with Gasteiger partial charge in [-0.25, -0.2) is 8.42 Å². The van der Waals surface area contributed by atoms with E-state index in [1.807, 2.05) is 24.3 Å². The Balaban J connectivity index is 2.05. The third-order valence-electron chi connectivity index (χ3n) is 5.72. The molecule has 3 aromatic rings. The molecule has 0 bridgehead atoms. The summed E-state index contributed by atoms with van der Waals surface area (Å²) in [5.74, 6) is -0.886. The maximum atomic E-state index is 13.7. The number of sulfonamides is 1. The largest absolute Gasteiger partial charge is 0.357 e. The van der Waals surface area contributed by atoms with E-state index >= 15 is 0 Å². The standard InChI is InChI=1S/C26H27BrClN3O4S/c1-18-15-22(28)13-14-24(18)31(36(34,35)23-7-5-4-6-8-23)17-25(32)30(19(2)26(33)29-3)16-20-9-11-21(27)12-10-20/h4-15,19H,16-17H2,1-3H3,(H,29,33)/t19-/m0/s1. The molecule has 1 atom stereocenters. The van der Waals surface area contributed by atoms with Gasteiger partial charge in [-0.2, -0.15) is 0 Å². The Bertz CT molecular complexity index is 1340. The van der Waals surface area contributed by atoms with Crippen LogP contribution in [-0.4, -0.2) is 44.8 Å². The SMILES string of the molecule is CNC(=O)[C@H](C)N(Cc1ccc(Br)cc1)C(=O)CN(c1ccc(Cl)cc1C)S(=O)(=O)c1ccccc1. The van der Waals surface area contributed by atoms with Gasteiger partial charge in [-0.05, 0) is 67.4 Å². The Hall–Kier alpha value is -2.88. The molecule has 0 aliphatic heterocycles. The van der Waals surface area contributed by atoms with Crippen molar-refractivity contribution >= 4 is 55.1 Å². The molecule has 1 N–H and O–H groups in total. The highest BCUT2D eigenvalue weighted by molar-refractivity contribution is 9.10. The summed E-state index contributed by atoms with van der Waals surface area (Å²) in [6.45, 7) is 2.96. The van der Waals surface area contributed by atoms with Crippen LogP contribution in [-0.2, 0) is 26.2 Å². The second-order valence-electron chi connectivity index (χ2n) is 8.19. The molecule has 0 spiro atoms. The van der Waals surface area contributed by atoms with Gasteiger partial charge in [-0.15, -0.1) is 0 Å². The molecule has 0 heterocycles. The van der Waals surface area contributed by atoms with E-state index in [2.05, 4.69) is 21.2 Å². The minimum Gasteiger partial charge on any atom is -0.357 e. The van der Waals surface area contributed by atoms with Gasteiger partial charge in [-0.3, -0.25) is 13.9 Å². The zero-order valence-corrected chi connectivity index (χ0v) is 23.3. The molecule has 36 heavy (non-hydrogen) atoms. The fraction of sp³-hybridized carbons (Fsp3) is 0.231. The Labute approximate surface area is 225 Å². The number of rotatable bonds is 9. The van der Waals surface area contributed by atoms with Gasteiger partial charge in [0.15, 0.2) is 0 Å². The predicted octanol–water partition coefficient (Wildman–Crippen LogP) is 4.77. The number of amides is 2. The zero-order valence-electron chi connectivity index (χ0n) is 20.1. The van der Waals surface area contributed by atoms with E-state index in [4.69, 9.17) is 11.6 Å². The van der Waals surface area contributed by atoms with Gasteiger partial charge in [0.25, 0.3) is 10.0 Å². The van der Waals surface area contributed by atoms with Crippen molar-refractivity contribution in [2.45, 2.75) is 31.3 Å². The van der Waals surface area contributed by atoms with Gasteiger partial charge in [-0.1, -0.05) is 57.9 Å². The second-order valence-corrected chi connectivity index (χ2v) is 11.4. The summed E-state index contributed by atoms with van der Waals surface area (Å²) in [6.07, 6.45) is 0. The summed E-state index contributed by atoms with van der Waals surface area (Å²) in [4.78, 5) is 27.7. The van der Waals surface area contributed by atoms with Crippen LogP contribution in [0.1, 0.15) is 18.1 Å². The number of nitrogens with zero attached hydrogens (tertiary/aromatic N) is 2. The summed E-state index contributed by atoms with van der Waals surface area (Å²) in [5.41, 5.74) is 1.71. The molecule has 0 saturated heterocycles. The lowest BCUT2D eigenvalue weighted by Crippen LogP contribution is -2.50. The van der Waals surface area contributed by atoms with Crippen LogP contribution in [0.4, 0.5) is 5.69 Å². The number of carbonyl (C=O) groups excluding carboxylic acids is 2. The Kier molecular flexibility index (Phi) is 9.16. The van der Waals surface area contributed by atoms with E-state index in [1.54, 1.807) is 50.2 Å². The van der Waals surface area contributed by atoms with E-state index in [-0.39, 0.29) is 17.3 Å². The molecule has 0 radical (unpaired) electrons. The molecule has 0 aromatic heterocycles. The van der Waals surface area contributed by atoms with E-state index in [9.17, 15) is 18.0 Å². The summed E-state index contributed by atoms with van der Waals surface area (Å²) in [6, 6.07) is 19.2. The Morgan fingerprint density at radius 1 is 1.03 bits per heavy atom. The normalized spacial score (nSPS) is 12.0. The van der Waals surface area contributed by atoms with Crippen molar-refractivity contribution in [1.29, 1.82) is 0 Å². The minimum absolute atomic E-state index is 0.0472. The molecule has 190 valence electrons. The first-order chi connectivity index (χ1) is 17.0. The molecule has 0 aliphatic carbocycles. The van der Waals surface area contributed by atoms with E-state index < -0.39 is 28.5 Å². The number of anilines is 1. The van der Waals surface area contributed by atoms with Gasteiger partial charge in [0.1, 0.15) is 12.6 Å². The molecule has 7 nitrogen and oxygen atoms in total. The van der Waals surface area contributed by atoms with Gasteiger partial charge < -0.3 is 10.2 Å². The fourth-order valence-electron chi connectivity index (χ4n) is 3.71. The highest BCUT2D eigenvalue weighted by atomic mass is 79.9. The van der Waals surface area contributed by atoms with E-state index in [1.165, 1.54) is 24.1 Å². The summed E-state index contributed by atoms with van der Waals surface area (Å²) in [7, 11) is -2.62. The molecule has 10 heteroatoms. The highest BCUT2D eigenvalue weighted by Gasteiger charge is 2.32. The van der Waals surface area contributed by atoms with Crippen molar-refractivity contribution < 1.29 is 18.0 Å². The summed E-state index contributed by atoms with van der Waals surface area (Å²) in [5, 5.41) is 3.01. The predicted molar refractivity (Wildman–Crippen MR) is 145 cm³/mol. The fourth-order valence-corrected chi connectivity index (χ4v) is 5.70. The number of halogens is 2. The minimum atomic E-state index is -4.11. The van der Waals surface area contributed by atoms with E-state index in [0.717, 1.165) is 14.3 Å². The van der Waals surface area contributed by atoms with Crippen LogP contribution in [0.15, 0.2) is 82.2 Å². The van der Waals surface area contributed by atoms with E-state index in [0.29, 0.717) is 16.3 Å². The Morgan fingerprint density at radius 2 is 1.67 bits per heavy atom. The molecule has 2 amide bonds. The lowest BCUT2D eigenvalue weighted by molar-refractivity contribution is -0.139. The van der Waals surface area contributed by atoms with Crippen LogP contribution < -0.4 is 9.62 Å². The molecular formula is C26H27BrClN3O4S. The lowest BCUT2D eigenvalue weighted by atomic mass is 10.1. The zero-order chi connectivity index (χ0) is 26.5. The van der Waals surface area contributed by atoms with Crippen LogP contribution in [0.25, 0.3) is 0 Å². The van der Waals surface area contributed by atoms with Crippen molar-refractivity contribution in [3.8, 4) is 0 Å². The van der Waals surface area contributed by atoms with Crippen molar-refractivity contribution in [2.75, 3.05) is 17.9 Å². The van der Waals surface area contributed by atoms with Crippen molar-refractivity contribution in [3.63, 3.8) is 0 Å². The molecule has 0 unspecified atom stereocenters. The van der Waals surface area contributed by atoms with Crippen molar-refractivity contribution in [2.24, 2.45) is 0 Å². The second kappa shape index (κ2) is 11.9. The van der Waals surface area contributed by atoms with Gasteiger partial charge in [0.2, 0.25) is 11.8 Å². The number of aryl methyl sites for hydroxylation is 1. The number of carbonyl (C=O) groups is 2. The molecule has 0 fully saturated rings. The molecule has 3 aromatic carbocycles. The average molecular weight is 593 g/mol. The maximum absolute atomic E-state index is 13.7. The average Bonchev–Trinajstić information content (AvgIpc) is 2.86. The van der Waals surface area contributed by atoms with Crippen LogP contribution >= 0.6 is 27.5 Å². The van der Waals surface area contributed by atoms with Crippen LogP contribution in [0.2, 0.25) is 5.02 Å². The third-order valence-corrected chi connectivity index (χ3v) is 8.26. The number of benzene rings is 3. The van der Waals surface area contributed by atoms with Crippen LogP contribution in [0, 0.1) is 6.92 Å². The molecule has 0 saturated carbocycles. The first-order valence-electron chi connectivity index (χ1n) is 11.1. The number of likely N-dealkylation sites (N-methyl/N-ethyl adjacent to an activating group) is 1. The van der Waals surface area contributed by atoms with Gasteiger partial charge >= 0.3 is 0 Å². The monoisotopic (exact) mass is 591 g/mol. The van der Waals surface area contributed by atoms with Crippen molar-refractivity contribution in [1.82, 2.24) is 10.2 Å². The van der Waals surface area contributed by atoms with Crippen molar-refractivity contribution in [3.05, 3.63) is 93.4 Å². The summed E-state index contributed by atoms with van der Waals surface area (Å²) < 4.78 is 29.4. The number of hydrogen-bond donors (Lipinski definition) is 1. The molecular weight excluding hydrogens is 566 g/mol. The maximum Gasteiger partial charge on any atom is 0.264 e. The van der Waals surface area contributed by atoms with Crippen LogP contribution in [0.3, 0.4) is 0 Å². The number of nitrogens with one attached hydrogen (secondary N) is 1. The topological polar surface area (TPSA) is 86.8 Å². The first-order valence-corrected chi connectivity index (χ1v) is 13.7. The van der Waals surface area contributed by atoms with Crippen LogP contribution in [0.5, 0.6) is 0 Å². The lowest BCUT2D eigenvalue weighted by Gasteiger charge is -2.32. The summed E-state index contributed by atoms with van der Waals surface area (Å²) >= 11 is 9.50. The molecule has 3 rings (SSSR count). The molecule has 0 aliphatic rings. The van der Waals surface area contributed by atoms with Gasteiger partial charge in [0.05, 0.1) is 10.6 Å². The quantitative estimate of drug-likeness (QED) is 0.388. The first kappa shape index (κ1) is 27.7. The third kappa shape index (κ3) is 6.46. The Morgan fingerprint density at radius 3 is 2.25 bits per heavy atom.